The Hall–Kier alpha value is -2.11. The van der Waals surface area contributed by atoms with Crippen LogP contribution in [0.25, 0.3) is 0 Å². The topological polar surface area (TPSA) is 101 Å². The number of ether oxygens (including phenoxy) is 1. The van der Waals surface area contributed by atoms with E-state index in [2.05, 4.69) is 22.1 Å². The molecule has 2 rings (SSSR count). The number of aromatic nitrogens is 2. The van der Waals surface area contributed by atoms with Crippen LogP contribution in [-0.2, 0) is 14.8 Å². The number of anilines is 2. The average molecular weight is 429 g/mol. The molecule has 0 saturated carbocycles. The zero-order valence-electron chi connectivity index (χ0n) is 15.1. The fraction of sp³-hybridized carbons (Fsp3) is 0.312. The number of nitrogens with one attached hydrogen (secondary N) is 1. The van der Waals surface area contributed by atoms with Gasteiger partial charge in [0.25, 0.3) is 0 Å². The summed E-state index contributed by atoms with van der Waals surface area (Å²) in [6.45, 7) is 5.14. The summed E-state index contributed by atoms with van der Waals surface area (Å²) in [5, 5.41) is 10.8. The second-order valence-corrected chi connectivity index (χ2v) is 9.50. The number of rotatable bonds is 9. The Bertz CT molecular complexity index is 897. The zero-order valence-corrected chi connectivity index (χ0v) is 17.5. The van der Waals surface area contributed by atoms with Crippen LogP contribution in [0.15, 0.2) is 41.3 Å². The smallest absolute Gasteiger partial charge is 0.249 e. The molecule has 8 nitrogen and oxygen atoms in total. The molecule has 0 aliphatic heterocycles. The van der Waals surface area contributed by atoms with Gasteiger partial charge in [-0.3, -0.25) is 14.4 Å². The van der Waals surface area contributed by atoms with Crippen LogP contribution >= 0.6 is 23.1 Å². The largest absolute Gasteiger partial charge is 0.497 e. The highest BCUT2D eigenvalue weighted by molar-refractivity contribution is 8.01. The molecule has 0 fully saturated rings. The minimum absolute atomic E-state index is 0.307. The van der Waals surface area contributed by atoms with Crippen molar-refractivity contribution in [2.45, 2.75) is 17.3 Å². The Balaban J connectivity index is 2.18. The van der Waals surface area contributed by atoms with E-state index < -0.39 is 22.0 Å². The number of carbonyl (C=O) groups is 1. The molecule has 1 N–H and O–H groups in total. The molecule has 0 unspecified atom stereocenters. The highest BCUT2D eigenvalue weighted by atomic mass is 32.2. The van der Waals surface area contributed by atoms with Crippen molar-refractivity contribution in [2.75, 3.05) is 28.7 Å². The van der Waals surface area contributed by atoms with Crippen molar-refractivity contribution in [1.29, 1.82) is 0 Å². The second kappa shape index (κ2) is 9.20. The molecule has 0 bridgehead atoms. The number of benzene rings is 1. The van der Waals surface area contributed by atoms with Gasteiger partial charge in [0.2, 0.25) is 21.1 Å². The Labute approximate surface area is 166 Å². The molecule has 1 heterocycles. The van der Waals surface area contributed by atoms with E-state index in [4.69, 9.17) is 4.74 Å². The molecule has 1 atom stereocenters. The first-order chi connectivity index (χ1) is 12.8. The van der Waals surface area contributed by atoms with E-state index in [-0.39, 0.29) is 0 Å². The molecule has 0 aliphatic carbocycles. The third-order valence-corrected chi connectivity index (χ3v) is 6.59. The summed E-state index contributed by atoms with van der Waals surface area (Å²) >= 11 is 2.66. The first-order valence-corrected chi connectivity index (χ1v) is 11.4. The maximum atomic E-state index is 12.6. The Morgan fingerprint density at radius 2 is 2.07 bits per heavy atom. The quantitative estimate of drug-likeness (QED) is 0.372. The number of thioether (sulfide) groups is 1. The second-order valence-electron chi connectivity index (χ2n) is 5.39. The van der Waals surface area contributed by atoms with Gasteiger partial charge in [0, 0.05) is 5.75 Å². The van der Waals surface area contributed by atoms with Crippen molar-refractivity contribution in [1.82, 2.24) is 10.2 Å². The van der Waals surface area contributed by atoms with Gasteiger partial charge in [-0.25, -0.2) is 8.42 Å². The molecule has 1 amide bonds. The van der Waals surface area contributed by atoms with Crippen molar-refractivity contribution in [3.8, 4) is 5.75 Å². The van der Waals surface area contributed by atoms with Crippen LogP contribution in [0, 0.1) is 0 Å². The monoisotopic (exact) mass is 428 g/mol. The summed E-state index contributed by atoms with van der Waals surface area (Å²) in [5.41, 5.74) is 0.362. The summed E-state index contributed by atoms with van der Waals surface area (Å²) in [4.78, 5) is 12.6. The highest BCUT2D eigenvalue weighted by Gasteiger charge is 2.29. The lowest BCUT2D eigenvalue weighted by atomic mass is 10.2. The Morgan fingerprint density at radius 1 is 1.41 bits per heavy atom. The predicted octanol–water partition coefficient (Wildman–Crippen LogP) is 2.62. The number of hydrogen-bond acceptors (Lipinski definition) is 8. The molecule has 0 radical (unpaired) electrons. The maximum absolute atomic E-state index is 12.6. The molecule has 1 aromatic heterocycles. The van der Waals surface area contributed by atoms with Crippen molar-refractivity contribution < 1.29 is 17.9 Å². The normalized spacial score (nSPS) is 12.3. The van der Waals surface area contributed by atoms with E-state index in [0.29, 0.717) is 26.7 Å². The van der Waals surface area contributed by atoms with Gasteiger partial charge in [-0.15, -0.1) is 16.8 Å². The number of carbonyl (C=O) groups excluding carboxylic acids is 1. The molecule has 2 aromatic rings. The average Bonchev–Trinajstić information content (AvgIpc) is 3.06. The fourth-order valence-corrected chi connectivity index (χ4v) is 4.89. The van der Waals surface area contributed by atoms with E-state index in [1.54, 1.807) is 30.3 Å². The summed E-state index contributed by atoms with van der Waals surface area (Å²) in [7, 11) is -2.18. The van der Waals surface area contributed by atoms with Crippen molar-refractivity contribution in [3.63, 3.8) is 0 Å². The van der Waals surface area contributed by atoms with Gasteiger partial charge in [-0.05, 0) is 31.2 Å². The van der Waals surface area contributed by atoms with Gasteiger partial charge in [0.05, 0.1) is 19.1 Å². The Kier molecular flexibility index (Phi) is 7.22. The number of hydrogen-bond donors (Lipinski definition) is 1. The SMILES string of the molecule is C=CCSc1nnc(NC(=O)[C@H](C)N(c2ccc(OC)cc2)S(C)(=O)=O)s1. The minimum Gasteiger partial charge on any atom is -0.497 e. The van der Waals surface area contributed by atoms with Gasteiger partial charge in [-0.1, -0.05) is 29.2 Å². The molecule has 11 heteroatoms. The van der Waals surface area contributed by atoms with Crippen molar-refractivity contribution in [3.05, 3.63) is 36.9 Å². The summed E-state index contributed by atoms with van der Waals surface area (Å²) in [5.74, 6) is 0.758. The van der Waals surface area contributed by atoms with Gasteiger partial charge in [0.1, 0.15) is 11.8 Å². The van der Waals surface area contributed by atoms with E-state index in [1.165, 1.54) is 37.1 Å². The lowest BCUT2D eigenvalue weighted by Crippen LogP contribution is -2.45. The molecular weight excluding hydrogens is 408 g/mol. The molecule has 0 aliphatic rings. The lowest BCUT2D eigenvalue weighted by Gasteiger charge is -2.27. The Morgan fingerprint density at radius 3 is 2.63 bits per heavy atom. The van der Waals surface area contributed by atoms with Crippen LogP contribution < -0.4 is 14.4 Å². The van der Waals surface area contributed by atoms with Gasteiger partial charge in [0.15, 0.2) is 4.34 Å². The molecular formula is C16H20N4O4S3. The first kappa shape index (κ1) is 21.2. The van der Waals surface area contributed by atoms with Crippen molar-refractivity contribution >= 4 is 49.8 Å². The number of amides is 1. The number of methoxy groups -OCH3 is 1. The van der Waals surface area contributed by atoms with E-state index in [0.717, 1.165) is 10.6 Å². The van der Waals surface area contributed by atoms with Crippen molar-refractivity contribution in [2.24, 2.45) is 0 Å². The number of sulfonamides is 1. The number of nitrogens with zero attached hydrogens (tertiary/aromatic N) is 3. The third-order valence-electron chi connectivity index (χ3n) is 3.38. The van der Waals surface area contributed by atoms with Gasteiger partial charge >= 0.3 is 0 Å². The first-order valence-electron chi connectivity index (χ1n) is 7.77. The molecule has 146 valence electrons. The maximum Gasteiger partial charge on any atom is 0.249 e. The van der Waals surface area contributed by atoms with E-state index in [1.807, 2.05) is 0 Å². The predicted molar refractivity (Wildman–Crippen MR) is 109 cm³/mol. The highest BCUT2D eigenvalue weighted by Crippen LogP contribution is 2.27. The van der Waals surface area contributed by atoms with Crippen LogP contribution in [0.1, 0.15) is 6.92 Å². The van der Waals surface area contributed by atoms with Crippen LogP contribution in [0.4, 0.5) is 10.8 Å². The van der Waals surface area contributed by atoms with E-state index in [9.17, 15) is 13.2 Å². The minimum atomic E-state index is -3.70. The lowest BCUT2D eigenvalue weighted by molar-refractivity contribution is -0.116. The van der Waals surface area contributed by atoms with Crippen LogP contribution in [0.5, 0.6) is 5.75 Å². The molecule has 0 saturated heterocycles. The molecule has 1 aromatic carbocycles. The summed E-state index contributed by atoms with van der Waals surface area (Å²) in [6.07, 6.45) is 2.79. The fourth-order valence-electron chi connectivity index (χ4n) is 2.20. The van der Waals surface area contributed by atoms with Crippen LogP contribution in [-0.4, -0.2) is 49.7 Å². The third kappa shape index (κ3) is 5.68. The molecule has 27 heavy (non-hydrogen) atoms. The standard InChI is InChI=1S/C16H20N4O4S3/c1-5-10-25-16-19-18-15(26-16)17-14(21)11(2)20(27(4,22)23)12-6-8-13(24-3)9-7-12/h5-9,11H,1,10H2,2-4H3,(H,17,18,21)/t11-/m0/s1. The molecule has 0 spiro atoms. The van der Waals surface area contributed by atoms with Crippen LogP contribution in [0.2, 0.25) is 0 Å². The van der Waals surface area contributed by atoms with Gasteiger partial charge in [-0.2, -0.15) is 0 Å². The van der Waals surface area contributed by atoms with E-state index >= 15 is 0 Å². The summed E-state index contributed by atoms with van der Waals surface area (Å²) < 4.78 is 31.4. The van der Waals surface area contributed by atoms with Gasteiger partial charge < -0.3 is 4.74 Å². The summed E-state index contributed by atoms with van der Waals surface area (Å²) in [6, 6.07) is 5.44. The zero-order chi connectivity index (χ0) is 20.0. The van der Waals surface area contributed by atoms with Crippen LogP contribution in [0.3, 0.4) is 0 Å².